The summed E-state index contributed by atoms with van der Waals surface area (Å²) in [7, 11) is 1.31. The molecule has 0 unspecified atom stereocenters. The second-order valence-corrected chi connectivity index (χ2v) is 6.74. The normalized spacial score (nSPS) is 11.1. The largest absolute Gasteiger partial charge is 0.453 e. The number of hydrogen-bond acceptors (Lipinski definition) is 4. The number of nitrogen functional groups attached to an aromatic ring is 1. The fraction of sp³-hybridized carbons (Fsp3) is 0.0526. The second kappa shape index (κ2) is 6.64. The van der Waals surface area contributed by atoms with Crippen LogP contribution in [0.2, 0.25) is 10.0 Å². The Morgan fingerprint density at radius 3 is 2.74 bits per heavy atom. The summed E-state index contributed by atoms with van der Waals surface area (Å²) >= 11 is 12.3. The molecule has 2 aromatic carbocycles. The molecule has 27 heavy (non-hydrogen) atoms. The predicted molar refractivity (Wildman–Crippen MR) is 109 cm³/mol. The third kappa shape index (κ3) is 3.03. The highest BCUT2D eigenvalue weighted by Gasteiger charge is 2.16. The number of methoxy groups -OCH3 is 1. The molecule has 0 aliphatic rings. The number of imidazole rings is 1. The summed E-state index contributed by atoms with van der Waals surface area (Å²) in [4.78, 5) is 16.2. The first-order valence-electron chi connectivity index (χ1n) is 7.98. The lowest BCUT2D eigenvalue weighted by Gasteiger charge is -2.06. The van der Waals surface area contributed by atoms with Crippen LogP contribution < -0.4 is 11.1 Å². The molecule has 2 aromatic heterocycles. The molecule has 0 atom stereocenters. The van der Waals surface area contributed by atoms with E-state index in [0.29, 0.717) is 38.5 Å². The number of benzene rings is 2. The molecule has 8 heteroatoms. The first-order valence-corrected chi connectivity index (χ1v) is 8.74. The van der Waals surface area contributed by atoms with E-state index in [9.17, 15) is 4.79 Å². The van der Waals surface area contributed by atoms with Gasteiger partial charge in [0, 0.05) is 27.9 Å². The summed E-state index contributed by atoms with van der Waals surface area (Å²) in [5, 5.41) is 5.44. The topological polar surface area (TPSA) is 81.6 Å². The van der Waals surface area contributed by atoms with E-state index in [1.165, 1.54) is 7.11 Å². The van der Waals surface area contributed by atoms with E-state index in [2.05, 4.69) is 10.1 Å². The second-order valence-electron chi connectivity index (χ2n) is 5.90. The van der Waals surface area contributed by atoms with Crippen LogP contribution in [0.1, 0.15) is 0 Å². The van der Waals surface area contributed by atoms with Gasteiger partial charge in [0.1, 0.15) is 17.2 Å². The number of rotatable bonds is 2. The number of amides is 1. The summed E-state index contributed by atoms with van der Waals surface area (Å²) in [6.07, 6.45) is 1.30. The molecule has 0 saturated carbocycles. The molecule has 136 valence electrons. The Morgan fingerprint density at radius 2 is 2.00 bits per heavy atom. The number of hydrogen-bond donors (Lipinski definition) is 2. The van der Waals surface area contributed by atoms with E-state index in [4.69, 9.17) is 33.9 Å². The first-order chi connectivity index (χ1) is 13.0. The van der Waals surface area contributed by atoms with Crippen molar-refractivity contribution in [3.05, 3.63) is 58.7 Å². The standard InChI is InChI=1S/C19H14Cl2N4O2/c1-27-19(26)23-12-4-2-10-6-7-25-17(22)16(24-18(25)14(10)9-12)13-5-3-11(20)8-15(13)21/h2-9H,22H2,1H3,(H,23,26). The van der Waals surface area contributed by atoms with E-state index in [1.807, 2.05) is 24.4 Å². The molecular formula is C19H14Cl2N4O2. The van der Waals surface area contributed by atoms with Gasteiger partial charge in [0.25, 0.3) is 0 Å². The molecule has 0 bridgehead atoms. The summed E-state index contributed by atoms with van der Waals surface area (Å²) in [5.41, 5.74) is 8.83. The highest BCUT2D eigenvalue weighted by Crippen LogP contribution is 2.35. The minimum atomic E-state index is -0.544. The molecule has 0 aliphatic heterocycles. The van der Waals surface area contributed by atoms with E-state index in [0.717, 1.165) is 10.8 Å². The number of nitrogens with two attached hydrogens (primary N) is 1. The number of nitrogens with zero attached hydrogens (tertiary/aromatic N) is 2. The Balaban J connectivity index is 1.93. The lowest BCUT2D eigenvalue weighted by Crippen LogP contribution is -2.10. The van der Waals surface area contributed by atoms with Gasteiger partial charge in [-0.2, -0.15) is 0 Å². The molecule has 3 N–H and O–H groups in total. The van der Waals surface area contributed by atoms with Crippen molar-refractivity contribution >= 4 is 57.2 Å². The minimum Gasteiger partial charge on any atom is -0.453 e. The monoisotopic (exact) mass is 400 g/mol. The van der Waals surface area contributed by atoms with Crippen LogP contribution >= 0.6 is 23.2 Å². The summed E-state index contributed by atoms with van der Waals surface area (Å²) in [5.74, 6) is 0.461. The SMILES string of the molecule is COC(=O)Nc1ccc2ccn3c(N)c(-c4ccc(Cl)cc4Cl)nc3c2c1. The van der Waals surface area contributed by atoms with Crippen LogP contribution in [0.5, 0.6) is 0 Å². The Kier molecular flexibility index (Phi) is 4.30. The third-order valence-corrected chi connectivity index (χ3v) is 4.81. The maximum Gasteiger partial charge on any atom is 0.411 e. The average molecular weight is 401 g/mol. The molecule has 0 aliphatic carbocycles. The quantitative estimate of drug-likeness (QED) is 0.483. The van der Waals surface area contributed by atoms with Crippen molar-refractivity contribution in [1.82, 2.24) is 9.38 Å². The van der Waals surface area contributed by atoms with Gasteiger partial charge in [0.15, 0.2) is 0 Å². The Labute approximate surface area is 164 Å². The number of aromatic nitrogens is 2. The lowest BCUT2D eigenvalue weighted by molar-refractivity contribution is 0.187. The third-order valence-electron chi connectivity index (χ3n) is 4.26. The zero-order chi connectivity index (χ0) is 19.1. The minimum absolute atomic E-state index is 0.461. The highest BCUT2D eigenvalue weighted by atomic mass is 35.5. The van der Waals surface area contributed by atoms with Gasteiger partial charge in [-0.25, -0.2) is 9.78 Å². The van der Waals surface area contributed by atoms with Crippen LogP contribution in [0.15, 0.2) is 48.7 Å². The van der Waals surface area contributed by atoms with Crippen LogP contribution in [0.3, 0.4) is 0 Å². The molecule has 6 nitrogen and oxygen atoms in total. The van der Waals surface area contributed by atoms with Crippen molar-refractivity contribution in [2.75, 3.05) is 18.2 Å². The number of nitrogens with one attached hydrogen (secondary N) is 1. The van der Waals surface area contributed by atoms with Gasteiger partial charge in [0.05, 0.1) is 12.1 Å². The maximum absolute atomic E-state index is 11.5. The predicted octanol–water partition coefficient (Wildman–Crippen LogP) is 5.22. The molecule has 0 spiro atoms. The van der Waals surface area contributed by atoms with Crippen LogP contribution in [-0.2, 0) is 4.74 Å². The molecule has 0 saturated heterocycles. The van der Waals surface area contributed by atoms with Gasteiger partial charge in [-0.1, -0.05) is 29.3 Å². The van der Waals surface area contributed by atoms with Crippen molar-refractivity contribution in [2.45, 2.75) is 0 Å². The average Bonchev–Trinajstić information content (AvgIpc) is 2.98. The van der Waals surface area contributed by atoms with Crippen molar-refractivity contribution in [2.24, 2.45) is 0 Å². The lowest BCUT2D eigenvalue weighted by atomic mass is 10.1. The van der Waals surface area contributed by atoms with E-state index in [1.54, 1.807) is 28.7 Å². The summed E-state index contributed by atoms with van der Waals surface area (Å²) in [6.45, 7) is 0. The summed E-state index contributed by atoms with van der Waals surface area (Å²) in [6, 6.07) is 12.6. The molecular weight excluding hydrogens is 387 g/mol. The maximum atomic E-state index is 11.5. The molecule has 0 radical (unpaired) electrons. The smallest absolute Gasteiger partial charge is 0.411 e. The van der Waals surface area contributed by atoms with Gasteiger partial charge < -0.3 is 10.5 Å². The number of fused-ring (bicyclic) bond motifs is 3. The Hall–Kier alpha value is -2.96. The van der Waals surface area contributed by atoms with Crippen LogP contribution in [0.25, 0.3) is 27.7 Å². The van der Waals surface area contributed by atoms with Crippen molar-refractivity contribution < 1.29 is 9.53 Å². The molecule has 1 amide bonds. The van der Waals surface area contributed by atoms with E-state index >= 15 is 0 Å². The molecule has 4 rings (SSSR count). The number of carbonyl (C=O) groups is 1. The molecule has 2 heterocycles. The zero-order valence-electron chi connectivity index (χ0n) is 14.2. The molecule has 4 aromatic rings. The Bertz CT molecular complexity index is 1200. The Morgan fingerprint density at radius 1 is 1.19 bits per heavy atom. The number of carbonyl (C=O) groups excluding carboxylic acids is 1. The number of halogens is 2. The highest BCUT2D eigenvalue weighted by molar-refractivity contribution is 6.36. The number of ether oxygens (including phenoxy) is 1. The van der Waals surface area contributed by atoms with E-state index in [-0.39, 0.29) is 0 Å². The van der Waals surface area contributed by atoms with Crippen LogP contribution in [0.4, 0.5) is 16.3 Å². The van der Waals surface area contributed by atoms with Crippen molar-refractivity contribution in [3.63, 3.8) is 0 Å². The van der Waals surface area contributed by atoms with Crippen LogP contribution in [-0.4, -0.2) is 22.6 Å². The van der Waals surface area contributed by atoms with Crippen molar-refractivity contribution in [3.8, 4) is 11.3 Å². The number of anilines is 2. The summed E-state index contributed by atoms with van der Waals surface area (Å²) < 4.78 is 6.42. The first kappa shape index (κ1) is 17.5. The number of pyridine rings is 1. The zero-order valence-corrected chi connectivity index (χ0v) is 15.7. The van der Waals surface area contributed by atoms with Gasteiger partial charge in [-0.3, -0.25) is 9.72 Å². The fourth-order valence-electron chi connectivity index (χ4n) is 2.96. The molecule has 0 fully saturated rings. The van der Waals surface area contributed by atoms with E-state index < -0.39 is 6.09 Å². The van der Waals surface area contributed by atoms with Gasteiger partial charge >= 0.3 is 6.09 Å². The van der Waals surface area contributed by atoms with Gasteiger partial charge in [-0.15, -0.1) is 0 Å². The van der Waals surface area contributed by atoms with Gasteiger partial charge in [-0.05, 0) is 41.8 Å². The van der Waals surface area contributed by atoms with Crippen molar-refractivity contribution in [1.29, 1.82) is 0 Å². The van der Waals surface area contributed by atoms with Crippen LogP contribution in [0, 0.1) is 0 Å². The fourth-order valence-corrected chi connectivity index (χ4v) is 3.46. The van der Waals surface area contributed by atoms with Gasteiger partial charge in [0.2, 0.25) is 0 Å².